The molecule has 0 radical (unpaired) electrons. The van der Waals surface area contributed by atoms with Crippen LogP contribution in [0.3, 0.4) is 0 Å². The minimum absolute atomic E-state index is 0.120. The van der Waals surface area contributed by atoms with E-state index in [1.165, 1.54) is 17.0 Å². The highest BCUT2D eigenvalue weighted by Gasteiger charge is 2.38. The highest BCUT2D eigenvalue weighted by atomic mass is 35.5. The minimum Gasteiger partial charge on any atom is -0.481 e. The average molecular weight is 286 g/mol. The van der Waals surface area contributed by atoms with Crippen LogP contribution in [0.25, 0.3) is 0 Å². The van der Waals surface area contributed by atoms with Crippen molar-refractivity contribution in [3.8, 4) is 0 Å². The van der Waals surface area contributed by atoms with E-state index in [0.717, 1.165) is 6.07 Å². The van der Waals surface area contributed by atoms with E-state index in [2.05, 4.69) is 0 Å². The van der Waals surface area contributed by atoms with Gasteiger partial charge in [-0.2, -0.15) is 0 Å². The third-order valence-electron chi connectivity index (χ3n) is 3.49. The minimum atomic E-state index is -0.936. The number of hydrogen-bond acceptors (Lipinski definition) is 2. The average Bonchev–Trinajstić information content (AvgIpc) is 2.73. The Hall–Kier alpha value is -1.62. The smallest absolute Gasteiger partial charge is 0.308 e. The molecule has 1 amide bonds. The molecule has 1 N–H and O–H groups in total. The van der Waals surface area contributed by atoms with E-state index >= 15 is 0 Å². The molecular weight excluding hydrogens is 273 g/mol. The summed E-state index contributed by atoms with van der Waals surface area (Å²) in [6.45, 7) is 1.97. The zero-order valence-electron chi connectivity index (χ0n) is 10.3. The largest absolute Gasteiger partial charge is 0.481 e. The number of carbonyl (C=O) groups is 2. The van der Waals surface area contributed by atoms with Crippen molar-refractivity contribution in [3.05, 3.63) is 34.6 Å². The fourth-order valence-corrected chi connectivity index (χ4v) is 2.54. The van der Waals surface area contributed by atoms with Gasteiger partial charge in [-0.1, -0.05) is 11.6 Å². The van der Waals surface area contributed by atoms with Crippen LogP contribution in [0.1, 0.15) is 23.7 Å². The number of carboxylic acids is 1. The van der Waals surface area contributed by atoms with E-state index in [0.29, 0.717) is 13.0 Å². The van der Waals surface area contributed by atoms with Gasteiger partial charge in [0.15, 0.2) is 0 Å². The summed E-state index contributed by atoms with van der Waals surface area (Å²) in [4.78, 5) is 24.6. The summed E-state index contributed by atoms with van der Waals surface area (Å²) in [7, 11) is 0. The molecule has 1 fully saturated rings. The lowest BCUT2D eigenvalue weighted by Crippen LogP contribution is -2.38. The van der Waals surface area contributed by atoms with Gasteiger partial charge in [-0.3, -0.25) is 9.59 Å². The summed E-state index contributed by atoms with van der Waals surface area (Å²) in [5, 5.41) is 9.29. The first kappa shape index (κ1) is 13.8. The summed E-state index contributed by atoms with van der Waals surface area (Å²) < 4.78 is 13.6. The van der Waals surface area contributed by atoms with E-state index in [9.17, 15) is 14.0 Å². The summed E-state index contributed by atoms with van der Waals surface area (Å²) in [5.41, 5.74) is -0.120. The first-order valence-electron chi connectivity index (χ1n) is 5.90. The second-order valence-corrected chi connectivity index (χ2v) is 5.03. The topological polar surface area (TPSA) is 57.6 Å². The van der Waals surface area contributed by atoms with Crippen molar-refractivity contribution in [1.29, 1.82) is 0 Å². The monoisotopic (exact) mass is 285 g/mol. The molecule has 2 rings (SSSR count). The van der Waals surface area contributed by atoms with E-state index in [1.54, 1.807) is 6.92 Å². The van der Waals surface area contributed by atoms with Crippen LogP contribution < -0.4 is 0 Å². The molecule has 1 saturated heterocycles. The van der Waals surface area contributed by atoms with Gasteiger partial charge in [0.05, 0.1) is 11.5 Å². The Kier molecular flexibility index (Phi) is 3.75. The summed E-state index contributed by atoms with van der Waals surface area (Å²) >= 11 is 5.75. The van der Waals surface area contributed by atoms with E-state index in [-0.39, 0.29) is 10.6 Å². The van der Waals surface area contributed by atoms with Gasteiger partial charge >= 0.3 is 5.97 Å². The lowest BCUT2D eigenvalue weighted by molar-refractivity contribution is -0.142. The normalized spacial score (nSPS) is 22.6. The van der Waals surface area contributed by atoms with Crippen LogP contribution in [-0.4, -0.2) is 34.5 Å². The number of aliphatic carboxylic acids is 1. The van der Waals surface area contributed by atoms with Crippen LogP contribution >= 0.6 is 11.6 Å². The lowest BCUT2D eigenvalue weighted by Gasteiger charge is -2.23. The Morgan fingerprint density at radius 3 is 2.74 bits per heavy atom. The quantitative estimate of drug-likeness (QED) is 0.908. The Morgan fingerprint density at radius 1 is 1.47 bits per heavy atom. The second kappa shape index (κ2) is 5.17. The predicted molar refractivity (Wildman–Crippen MR) is 67.7 cm³/mol. The molecular formula is C13H13ClFNO3. The fraction of sp³-hybridized carbons (Fsp3) is 0.385. The number of rotatable bonds is 2. The maximum absolute atomic E-state index is 13.6. The number of hydrogen-bond donors (Lipinski definition) is 1. The summed E-state index contributed by atoms with van der Waals surface area (Å²) in [6.07, 6.45) is 0.379. The highest BCUT2D eigenvalue weighted by molar-refractivity contribution is 6.31. The number of amides is 1. The number of likely N-dealkylation sites (tertiary alicyclic amines) is 1. The second-order valence-electron chi connectivity index (χ2n) is 4.60. The van der Waals surface area contributed by atoms with Gasteiger partial charge in [0.2, 0.25) is 0 Å². The molecule has 1 aromatic carbocycles. The van der Waals surface area contributed by atoms with Gasteiger partial charge in [-0.15, -0.1) is 0 Å². The number of carbonyl (C=O) groups excluding carboxylic acids is 1. The maximum Gasteiger partial charge on any atom is 0.308 e. The van der Waals surface area contributed by atoms with Crippen LogP contribution in [0.5, 0.6) is 0 Å². The number of benzene rings is 1. The van der Waals surface area contributed by atoms with Crippen molar-refractivity contribution in [2.24, 2.45) is 5.92 Å². The molecule has 1 aromatic rings. The molecule has 1 aliphatic rings. The van der Waals surface area contributed by atoms with E-state index in [4.69, 9.17) is 16.7 Å². The predicted octanol–water partition coefficient (Wildman–Crippen LogP) is 2.41. The van der Waals surface area contributed by atoms with Crippen LogP contribution in [0.2, 0.25) is 5.02 Å². The third kappa shape index (κ3) is 2.56. The molecule has 4 nitrogen and oxygen atoms in total. The molecule has 0 spiro atoms. The molecule has 2 atom stereocenters. The van der Waals surface area contributed by atoms with E-state index < -0.39 is 29.7 Å². The summed E-state index contributed by atoms with van der Waals surface area (Å²) in [6, 6.07) is 3.30. The molecule has 1 heterocycles. The molecule has 0 aliphatic carbocycles. The SMILES string of the molecule is CC1C(C(=O)O)CCN1C(=O)c1cc(Cl)ccc1F. The molecule has 0 saturated carbocycles. The van der Waals surface area contributed by atoms with Crippen molar-refractivity contribution in [1.82, 2.24) is 4.90 Å². The van der Waals surface area contributed by atoms with Gasteiger partial charge in [-0.25, -0.2) is 4.39 Å². The van der Waals surface area contributed by atoms with Crippen LogP contribution in [-0.2, 0) is 4.79 Å². The van der Waals surface area contributed by atoms with Crippen molar-refractivity contribution < 1.29 is 19.1 Å². The van der Waals surface area contributed by atoms with Crippen molar-refractivity contribution >= 4 is 23.5 Å². The van der Waals surface area contributed by atoms with Crippen molar-refractivity contribution in [2.75, 3.05) is 6.54 Å². The van der Waals surface area contributed by atoms with Gasteiger partial charge in [0.25, 0.3) is 5.91 Å². The molecule has 1 aliphatic heterocycles. The molecule has 0 aromatic heterocycles. The zero-order valence-corrected chi connectivity index (χ0v) is 11.0. The van der Waals surface area contributed by atoms with Gasteiger partial charge in [-0.05, 0) is 31.5 Å². The molecule has 19 heavy (non-hydrogen) atoms. The Morgan fingerprint density at radius 2 is 2.16 bits per heavy atom. The van der Waals surface area contributed by atoms with Crippen LogP contribution in [0.15, 0.2) is 18.2 Å². The lowest BCUT2D eigenvalue weighted by atomic mass is 10.0. The van der Waals surface area contributed by atoms with Gasteiger partial charge < -0.3 is 10.0 Å². The number of halogens is 2. The Balaban J connectivity index is 2.26. The zero-order chi connectivity index (χ0) is 14.2. The number of carboxylic acid groups (broad SMARTS) is 1. The first-order valence-corrected chi connectivity index (χ1v) is 6.28. The fourth-order valence-electron chi connectivity index (χ4n) is 2.37. The highest BCUT2D eigenvalue weighted by Crippen LogP contribution is 2.27. The molecule has 6 heteroatoms. The van der Waals surface area contributed by atoms with Crippen LogP contribution in [0.4, 0.5) is 4.39 Å². The van der Waals surface area contributed by atoms with Crippen molar-refractivity contribution in [3.63, 3.8) is 0 Å². The first-order chi connectivity index (χ1) is 8.91. The molecule has 102 valence electrons. The molecule has 2 unspecified atom stereocenters. The van der Waals surface area contributed by atoms with Gasteiger partial charge in [0, 0.05) is 17.6 Å². The summed E-state index contributed by atoms with van der Waals surface area (Å²) in [5.74, 6) is -2.71. The molecule has 0 bridgehead atoms. The van der Waals surface area contributed by atoms with E-state index in [1.807, 2.05) is 0 Å². The van der Waals surface area contributed by atoms with Crippen LogP contribution in [0, 0.1) is 11.7 Å². The maximum atomic E-state index is 13.6. The Labute approximate surface area is 114 Å². The third-order valence-corrected chi connectivity index (χ3v) is 3.73. The van der Waals surface area contributed by atoms with Crippen molar-refractivity contribution in [2.45, 2.75) is 19.4 Å². The standard InChI is InChI=1S/C13H13ClFNO3/c1-7-9(13(18)19)4-5-16(7)12(17)10-6-8(14)2-3-11(10)15/h2-3,6-7,9H,4-5H2,1H3,(H,18,19). The Bertz CT molecular complexity index is 535. The van der Waals surface area contributed by atoms with Gasteiger partial charge in [0.1, 0.15) is 5.82 Å². The number of nitrogens with zero attached hydrogens (tertiary/aromatic N) is 1.